The van der Waals surface area contributed by atoms with Crippen LogP contribution in [0.2, 0.25) is 0 Å². The van der Waals surface area contributed by atoms with E-state index in [1.54, 1.807) is 23.5 Å². The van der Waals surface area contributed by atoms with E-state index in [0.717, 1.165) is 13.2 Å². The van der Waals surface area contributed by atoms with Crippen LogP contribution >= 0.6 is 23.5 Å². The molecule has 0 saturated carbocycles. The average molecular weight is 481 g/mol. The first kappa shape index (κ1) is 24.3. The van der Waals surface area contributed by atoms with Crippen molar-refractivity contribution in [2.45, 2.75) is 73.1 Å². The van der Waals surface area contributed by atoms with Crippen molar-refractivity contribution >= 4 is 34.3 Å². The molecule has 32 heavy (non-hydrogen) atoms. The molecule has 6 nitrogen and oxygen atoms in total. The predicted octanol–water partition coefficient (Wildman–Crippen LogP) is 5.27. The third-order valence-electron chi connectivity index (χ3n) is 5.01. The molecule has 6 atom stereocenters. The third kappa shape index (κ3) is 7.88. The Kier molecular flexibility index (Phi) is 8.75. The molecule has 2 heterocycles. The number of hydrogen-bond donors (Lipinski definition) is 0. The van der Waals surface area contributed by atoms with E-state index in [2.05, 4.69) is 43.3 Å². The molecule has 2 aliphatic heterocycles. The molecule has 2 aromatic rings. The molecule has 0 amide bonds. The summed E-state index contributed by atoms with van der Waals surface area (Å²) in [5.74, 6) is 0. The smallest absolute Gasteiger partial charge is 0.156 e. The molecule has 0 N–H and O–H groups in total. The molecule has 176 valence electrons. The Bertz CT molecular complexity index is 873. The van der Waals surface area contributed by atoms with E-state index in [0.29, 0.717) is 13.2 Å². The van der Waals surface area contributed by atoms with Crippen LogP contribution in [0, 0.1) is 0 Å². The Labute approximate surface area is 198 Å². The van der Waals surface area contributed by atoms with Crippen molar-refractivity contribution in [2.24, 2.45) is 0 Å². The topological polar surface area (TPSA) is 62.0 Å². The van der Waals surface area contributed by atoms with Gasteiger partial charge in [0.2, 0.25) is 0 Å². The van der Waals surface area contributed by atoms with Crippen LogP contribution in [0.4, 0.5) is 0 Å². The zero-order valence-electron chi connectivity index (χ0n) is 19.0. The molecule has 2 saturated heterocycles. The number of rotatable bonds is 14. The van der Waals surface area contributed by atoms with Crippen molar-refractivity contribution < 1.29 is 28.4 Å². The average Bonchev–Trinajstić information content (AvgIpc) is 3.66. The van der Waals surface area contributed by atoms with E-state index in [9.17, 15) is 0 Å². The fourth-order valence-corrected chi connectivity index (χ4v) is 5.24. The van der Waals surface area contributed by atoms with Gasteiger partial charge in [-0.05, 0) is 56.7 Å². The van der Waals surface area contributed by atoms with Crippen LogP contribution in [-0.2, 0) is 28.4 Å². The number of thioether (sulfide) groups is 2. The first-order valence-corrected chi connectivity index (χ1v) is 12.9. The monoisotopic (exact) mass is 480 g/mol. The maximum absolute atomic E-state index is 5.98. The molecular weight excluding hydrogens is 448 g/mol. The van der Waals surface area contributed by atoms with E-state index in [1.165, 1.54) is 20.6 Å². The predicted molar refractivity (Wildman–Crippen MR) is 127 cm³/mol. The first-order chi connectivity index (χ1) is 15.5. The molecule has 0 bridgehead atoms. The molecule has 0 spiro atoms. The van der Waals surface area contributed by atoms with Gasteiger partial charge in [0.1, 0.15) is 23.1 Å². The lowest BCUT2D eigenvalue weighted by Gasteiger charge is -2.20. The number of ether oxygens (including phenoxy) is 6. The summed E-state index contributed by atoms with van der Waals surface area (Å²) in [4.78, 5) is 2.36. The van der Waals surface area contributed by atoms with Crippen molar-refractivity contribution in [3.8, 4) is 0 Å². The van der Waals surface area contributed by atoms with E-state index >= 15 is 0 Å². The summed E-state index contributed by atoms with van der Waals surface area (Å²) in [6.45, 7) is 10.7. The molecule has 2 fully saturated rings. The summed E-state index contributed by atoms with van der Waals surface area (Å²) < 4.78 is 33.6. The van der Waals surface area contributed by atoms with Gasteiger partial charge in [0.05, 0.1) is 26.4 Å². The fraction of sp³-hybridized carbons (Fsp3) is 0.583. The summed E-state index contributed by atoms with van der Waals surface area (Å²) in [5.41, 5.74) is -0.0446. The second-order valence-electron chi connectivity index (χ2n) is 7.99. The van der Waals surface area contributed by atoms with E-state index in [-0.39, 0.29) is 35.7 Å². The minimum Gasteiger partial charge on any atom is -0.371 e. The van der Waals surface area contributed by atoms with Crippen molar-refractivity contribution in [1.82, 2.24) is 0 Å². The normalized spacial score (nSPS) is 23.6. The lowest BCUT2D eigenvalue weighted by Crippen LogP contribution is -2.20. The highest BCUT2D eigenvalue weighted by molar-refractivity contribution is 8.00. The molecule has 8 heteroatoms. The Morgan fingerprint density at radius 3 is 2.03 bits per heavy atom. The second-order valence-corrected chi connectivity index (χ2v) is 10.7. The van der Waals surface area contributed by atoms with Gasteiger partial charge in [0.15, 0.2) is 12.6 Å². The highest BCUT2D eigenvalue weighted by Gasteiger charge is 2.25. The molecule has 0 aliphatic carbocycles. The van der Waals surface area contributed by atoms with Crippen molar-refractivity contribution in [3.05, 3.63) is 36.4 Å². The van der Waals surface area contributed by atoms with E-state index in [1.807, 2.05) is 20.8 Å². The van der Waals surface area contributed by atoms with Crippen LogP contribution in [0.15, 0.2) is 46.2 Å². The Hall–Kier alpha value is -0.840. The lowest BCUT2D eigenvalue weighted by molar-refractivity contribution is -0.138. The van der Waals surface area contributed by atoms with Crippen LogP contribution < -0.4 is 0 Å². The maximum Gasteiger partial charge on any atom is 0.156 e. The van der Waals surface area contributed by atoms with Gasteiger partial charge in [0, 0.05) is 9.79 Å². The molecule has 0 radical (unpaired) electrons. The van der Waals surface area contributed by atoms with Crippen LogP contribution in [-0.4, -0.2) is 62.1 Å². The Morgan fingerprint density at radius 1 is 0.844 bits per heavy atom. The summed E-state index contributed by atoms with van der Waals surface area (Å²) in [6.07, 6.45) is -0.0211. The summed E-state index contributed by atoms with van der Waals surface area (Å²) in [6, 6.07) is 12.9. The number of epoxide rings is 2. The first-order valence-electron chi connectivity index (χ1n) is 11.1. The summed E-state index contributed by atoms with van der Waals surface area (Å²) >= 11 is 3.39. The molecular formula is C24H32O6S2. The second kappa shape index (κ2) is 11.5. The van der Waals surface area contributed by atoms with E-state index < -0.39 is 0 Å². The van der Waals surface area contributed by atoms with Gasteiger partial charge in [-0.2, -0.15) is 0 Å². The van der Waals surface area contributed by atoms with Crippen LogP contribution in [0.3, 0.4) is 0 Å². The zero-order valence-corrected chi connectivity index (χ0v) is 20.7. The standard InChI is InChI=1S/C24H32O6S2/c1-15(25-11-20-13-27-20)29-17(3)31-22-8-9-23-19(10-22)6-5-7-24(23)32-18(4)30-16(2)26-12-21-14-28-21/h5-10,15-18,20-21H,11-14H2,1-4H3. The fourth-order valence-electron chi connectivity index (χ4n) is 3.27. The highest BCUT2D eigenvalue weighted by atomic mass is 32.2. The van der Waals surface area contributed by atoms with Crippen LogP contribution in [0.1, 0.15) is 27.7 Å². The minimum absolute atomic E-state index is 0.0175. The summed E-state index contributed by atoms with van der Waals surface area (Å²) in [5, 5.41) is 2.41. The number of hydrogen-bond acceptors (Lipinski definition) is 8. The Balaban J connectivity index is 1.29. The number of fused-ring (bicyclic) bond motifs is 1. The van der Waals surface area contributed by atoms with Gasteiger partial charge < -0.3 is 28.4 Å². The van der Waals surface area contributed by atoms with Gasteiger partial charge in [-0.15, -0.1) is 0 Å². The third-order valence-corrected chi connectivity index (χ3v) is 7.03. The van der Waals surface area contributed by atoms with Gasteiger partial charge in [0.25, 0.3) is 0 Å². The SMILES string of the molecule is CC(OCC1CO1)OC(C)Sc1ccc2c(SC(C)OC(C)OCC3CO3)cccc2c1. The molecule has 2 aromatic carbocycles. The zero-order chi connectivity index (χ0) is 22.5. The molecule has 2 aliphatic rings. The molecule has 0 aromatic heterocycles. The van der Waals surface area contributed by atoms with Crippen LogP contribution in [0.25, 0.3) is 10.8 Å². The minimum atomic E-state index is -0.260. The van der Waals surface area contributed by atoms with E-state index in [4.69, 9.17) is 28.4 Å². The van der Waals surface area contributed by atoms with Gasteiger partial charge in [-0.1, -0.05) is 41.7 Å². The molecule has 4 rings (SSSR count). The van der Waals surface area contributed by atoms with Gasteiger partial charge in [-0.25, -0.2) is 0 Å². The quantitative estimate of drug-likeness (QED) is 0.206. The Morgan fingerprint density at radius 2 is 1.44 bits per heavy atom. The van der Waals surface area contributed by atoms with Gasteiger partial charge >= 0.3 is 0 Å². The highest BCUT2D eigenvalue weighted by Crippen LogP contribution is 2.35. The van der Waals surface area contributed by atoms with Crippen molar-refractivity contribution in [3.63, 3.8) is 0 Å². The molecule has 6 unspecified atom stereocenters. The maximum atomic E-state index is 5.98. The van der Waals surface area contributed by atoms with Crippen molar-refractivity contribution in [2.75, 3.05) is 26.4 Å². The lowest BCUT2D eigenvalue weighted by atomic mass is 10.1. The van der Waals surface area contributed by atoms with Crippen LogP contribution in [0.5, 0.6) is 0 Å². The number of benzene rings is 2. The largest absolute Gasteiger partial charge is 0.371 e. The summed E-state index contributed by atoms with van der Waals surface area (Å²) in [7, 11) is 0. The van der Waals surface area contributed by atoms with Gasteiger partial charge in [-0.3, -0.25) is 0 Å². The van der Waals surface area contributed by atoms with Crippen molar-refractivity contribution in [1.29, 1.82) is 0 Å².